The topological polar surface area (TPSA) is 112 Å². The zero-order chi connectivity index (χ0) is 20.8. The van der Waals surface area contributed by atoms with E-state index in [1.54, 1.807) is 27.8 Å². The number of carbonyl (C=O) groups is 1. The van der Waals surface area contributed by atoms with Gasteiger partial charge in [-0.15, -0.1) is 0 Å². The highest BCUT2D eigenvalue weighted by Gasteiger charge is 2.32. The third kappa shape index (κ3) is 2.86. The molecular weight excluding hydrogens is 382 g/mol. The number of hydrogen-bond donors (Lipinski definition) is 1. The molecule has 0 unspecified atom stereocenters. The number of aromatic nitrogens is 5. The molecule has 5 rings (SSSR count). The minimum absolute atomic E-state index is 0.113. The van der Waals surface area contributed by atoms with Gasteiger partial charge < -0.3 is 10.0 Å². The summed E-state index contributed by atoms with van der Waals surface area (Å²) >= 11 is 0. The van der Waals surface area contributed by atoms with E-state index in [1.165, 1.54) is 4.90 Å². The second kappa shape index (κ2) is 6.70. The Morgan fingerprint density at radius 3 is 2.60 bits per heavy atom. The minimum Gasteiger partial charge on any atom is -0.465 e. The molecule has 1 aliphatic rings. The Bertz CT molecular complexity index is 1310. The molecule has 0 radical (unpaired) electrons. The fraction of sp³-hybridized carbons (Fsp3) is 0.190. The molecule has 0 aliphatic carbocycles. The van der Waals surface area contributed by atoms with Crippen molar-refractivity contribution in [3.05, 3.63) is 60.4 Å². The van der Waals surface area contributed by atoms with Crippen molar-refractivity contribution < 1.29 is 9.90 Å². The Morgan fingerprint density at radius 2 is 1.97 bits per heavy atom. The van der Waals surface area contributed by atoms with Crippen molar-refractivity contribution in [2.75, 3.05) is 13.1 Å². The highest BCUT2D eigenvalue weighted by molar-refractivity contribution is 5.87. The minimum atomic E-state index is -0.901. The van der Waals surface area contributed by atoms with Crippen LogP contribution in [0.4, 0.5) is 4.79 Å². The van der Waals surface area contributed by atoms with Gasteiger partial charge in [0.1, 0.15) is 6.07 Å². The maximum absolute atomic E-state index is 11.0. The van der Waals surface area contributed by atoms with Crippen molar-refractivity contribution in [2.24, 2.45) is 7.05 Å². The smallest absolute Gasteiger partial charge is 0.407 e. The lowest BCUT2D eigenvalue weighted by molar-refractivity contribution is 0.104. The Morgan fingerprint density at radius 1 is 1.13 bits per heavy atom. The highest BCUT2D eigenvalue weighted by atomic mass is 16.4. The maximum atomic E-state index is 11.0. The van der Waals surface area contributed by atoms with Crippen LogP contribution in [0.3, 0.4) is 0 Å². The van der Waals surface area contributed by atoms with Crippen molar-refractivity contribution in [1.29, 1.82) is 5.26 Å². The van der Waals surface area contributed by atoms with Crippen LogP contribution < -0.4 is 0 Å². The van der Waals surface area contributed by atoms with Crippen molar-refractivity contribution >= 4 is 11.6 Å². The number of nitriles is 1. The van der Waals surface area contributed by atoms with Crippen LogP contribution in [0.5, 0.6) is 0 Å². The third-order valence-corrected chi connectivity index (χ3v) is 5.44. The fourth-order valence-corrected chi connectivity index (χ4v) is 3.78. The quantitative estimate of drug-likeness (QED) is 0.567. The lowest BCUT2D eigenvalue weighted by Gasteiger charge is -2.36. The predicted octanol–water partition coefficient (Wildman–Crippen LogP) is 2.75. The van der Waals surface area contributed by atoms with Crippen LogP contribution in [-0.2, 0) is 7.05 Å². The van der Waals surface area contributed by atoms with Gasteiger partial charge in [-0.25, -0.2) is 9.31 Å². The van der Waals surface area contributed by atoms with Crippen molar-refractivity contribution in [3.8, 4) is 28.3 Å². The van der Waals surface area contributed by atoms with Gasteiger partial charge in [0.2, 0.25) is 0 Å². The number of pyridine rings is 2. The molecule has 0 spiro atoms. The van der Waals surface area contributed by atoms with Crippen LogP contribution in [0, 0.1) is 11.3 Å². The number of carboxylic acid groups (broad SMARTS) is 1. The first-order valence-electron chi connectivity index (χ1n) is 9.38. The average Bonchev–Trinajstić information content (AvgIpc) is 3.32. The second-order valence-electron chi connectivity index (χ2n) is 7.36. The summed E-state index contributed by atoms with van der Waals surface area (Å²) in [6, 6.07) is 8.11. The van der Waals surface area contributed by atoms with Crippen LogP contribution >= 0.6 is 0 Å². The van der Waals surface area contributed by atoms with E-state index in [0.717, 1.165) is 33.5 Å². The molecule has 9 nitrogen and oxygen atoms in total. The van der Waals surface area contributed by atoms with Crippen LogP contribution in [0.2, 0.25) is 0 Å². The number of nitrogens with zero attached hydrogens (tertiary/aromatic N) is 7. The van der Waals surface area contributed by atoms with E-state index < -0.39 is 6.09 Å². The summed E-state index contributed by atoms with van der Waals surface area (Å²) in [5.41, 5.74) is 5.67. The summed E-state index contributed by atoms with van der Waals surface area (Å²) in [5, 5.41) is 27.1. The molecule has 4 aromatic heterocycles. The molecule has 1 saturated heterocycles. The molecule has 1 fully saturated rings. The second-order valence-corrected chi connectivity index (χ2v) is 7.36. The zero-order valence-electron chi connectivity index (χ0n) is 16.1. The zero-order valence-corrected chi connectivity index (χ0v) is 16.1. The maximum Gasteiger partial charge on any atom is 0.407 e. The van der Waals surface area contributed by atoms with Gasteiger partial charge in [0.25, 0.3) is 0 Å². The van der Waals surface area contributed by atoms with Crippen molar-refractivity contribution in [1.82, 2.24) is 29.3 Å². The number of likely N-dealkylation sites (tertiary alicyclic amines) is 1. The fourth-order valence-electron chi connectivity index (χ4n) is 3.78. The van der Waals surface area contributed by atoms with Crippen molar-refractivity contribution in [3.63, 3.8) is 0 Å². The van der Waals surface area contributed by atoms with Gasteiger partial charge >= 0.3 is 6.09 Å². The Labute approximate surface area is 171 Å². The molecule has 0 saturated carbocycles. The lowest BCUT2D eigenvalue weighted by Crippen LogP contribution is -2.48. The number of hydrogen-bond acceptors (Lipinski definition) is 5. The van der Waals surface area contributed by atoms with Crippen LogP contribution in [0.25, 0.3) is 27.8 Å². The van der Waals surface area contributed by atoms with E-state index in [1.807, 2.05) is 37.6 Å². The predicted molar refractivity (Wildman–Crippen MR) is 108 cm³/mol. The van der Waals surface area contributed by atoms with Gasteiger partial charge in [-0.2, -0.15) is 15.5 Å². The van der Waals surface area contributed by atoms with Crippen LogP contribution in [-0.4, -0.2) is 53.6 Å². The molecule has 0 aromatic carbocycles. The molecule has 0 bridgehead atoms. The van der Waals surface area contributed by atoms with Gasteiger partial charge in [0.05, 0.1) is 23.5 Å². The van der Waals surface area contributed by atoms with Crippen LogP contribution in [0.15, 0.2) is 49.2 Å². The number of aryl methyl sites for hydroxylation is 1. The summed E-state index contributed by atoms with van der Waals surface area (Å²) in [5.74, 6) is 0.113. The first kappa shape index (κ1) is 17.9. The first-order valence-corrected chi connectivity index (χ1v) is 9.38. The lowest BCUT2D eigenvalue weighted by atomic mass is 9.95. The molecule has 30 heavy (non-hydrogen) atoms. The third-order valence-electron chi connectivity index (χ3n) is 5.44. The standard InChI is InChI=1S/C21H17N7O2/c1-26-9-16(8-24-26)14-4-18(20-15(5-22)7-25-28(20)12-14)13-2-3-19(23-6-13)17-10-27(11-17)21(29)30/h2-4,6-9,12,17H,10-11H2,1H3,(H,29,30). The summed E-state index contributed by atoms with van der Waals surface area (Å²) in [6.45, 7) is 0.924. The monoisotopic (exact) mass is 399 g/mol. The Hall–Kier alpha value is -4.19. The largest absolute Gasteiger partial charge is 0.465 e. The van der Waals surface area contributed by atoms with E-state index in [4.69, 9.17) is 5.11 Å². The average molecular weight is 399 g/mol. The number of fused-ring (bicyclic) bond motifs is 1. The SMILES string of the molecule is Cn1cc(-c2cc(-c3ccc(C4CN(C(=O)O)C4)nc3)c3c(C#N)cnn3c2)cn1. The van der Waals surface area contributed by atoms with E-state index in [9.17, 15) is 10.1 Å². The Kier molecular flexibility index (Phi) is 3.99. The molecule has 0 atom stereocenters. The first-order chi connectivity index (χ1) is 14.5. The molecule has 4 aromatic rings. The van der Waals surface area contributed by atoms with Crippen molar-refractivity contribution in [2.45, 2.75) is 5.92 Å². The van der Waals surface area contributed by atoms with Gasteiger partial charge in [-0.1, -0.05) is 6.07 Å². The van der Waals surface area contributed by atoms with E-state index in [2.05, 4.69) is 21.3 Å². The molecule has 148 valence electrons. The summed E-state index contributed by atoms with van der Waals surface area (Å²) in [6.07, 6.45) is 8.02. The van der Waals surface area contributed by atoms with Crippen LogP contribution in [0.1, 0.15) is 17.2 Å². The van der Waals surface area contributed by atoms with Gasteiger partial charge in [-0.05, 0) is 12.1 Å². The number of amides is 1. The van der Waals surface area contributed by atoms with E-state index >= 15 is 0 Å². The Balaban J connectivity index is 1.56. The van der Waals surface area contributed by atoms with E-state index in [0.29, 0.717) is 18.7 Å². The molecular formula is C21H17N7O2. The summed E-state index contributed by atoms with van der Waals surface area (Å²) < 4.78 is 3.44. The molecule has 5 heterocycles. The molecule has 9 heteroatoms. The molecule has 1 amide bonds. The molecule has 1 N–H and O–H groups in total. The van der Waals surface area contributed by atoms with Gasteiger partial charge in [0.15, 0.2) is 0 Å². The number of rotatable bonds is 3. The van der Waals surface area contributed by atoms with E-state index in [-0.39, 0.29) is 5.92 Å². The summed E-state index contributed by atoms with van der Waals surface area (Å²) in [4.78, 5) is 16.9. The van der Waals surface area contributed by atoms with Gasteiger partial charge in [-0.3, -0.25) is 9.67 Å². The highest BCUT2D eigenvalue weighted by Crippen LogP contribution is 2.33. The summed E-state index contributed by atoms with van der Waals surface area (Å²) in [7, 11) is 1.86. The normalized spacial score (nSPS) is 13.9. The molecule has 1 aliphatic heterocycles. The van der Waals surface area contributed by atoms with Gasteiger partial charge in [0, 0.05) is 72.6 Å².